The molecule has 2 aromatic rings. The summed E-state index contributed by atoms with van der Waals surface area (Å²) in [5.74, 6) is 0. The number of nitrogens with one attached hydrogen (secondary N) is 1. The lowest BCUT2D eigenvalue weighted by atomic mass is 9.98. The molecule has 2 aromatic heterocycles. The summed E-state index contributed by atoms with van der Waals surface area (Å²) in [6.07, 6.45) is 5.62. The second-order valence-corrected chi connectivity index (χ2v) is 6.09. The van der Waals surface area contributed by atoms with Gasteiger partial charge in [-0.1, -0.05) is 6.42 Å². The highest BCUT2D eigenvalue weighted by atomic mass is 15.3. The van der Waals surface area contributed by atoms with Gasteiger partial charge in [0.1, 0.15) is 6.33 Å². The van der Waals surface area contributed by atoms with Gasteiger partial charge in [0, 0.05) is 25.2 Å². The standard InChI is InChI=1S/C15H24N6/c1-11-9-14(15-18-17-10-21(15)19-11)16-7-8-20-12(2)5-4-6-13(20)3/h9-10,12-13,16H,4-8H2,1-3H3/t12-,13+. The Hall–Kier alpha value is -1.69. The molecule has 1 aliphatic rings. The number of nitrogens with zero attached hydrogens (tertiary/aromatic N) is 5. The van der Waals surface area contributed by atoms with Crippen LogP contribution in [0.4, 0.5) is 5.69 Å². The lowest BCUT2D eigenvalue weighted by Gasteiger charge is -2.39. The van der Waals surface area contributed by atoms with E-state index in [2.05, 4.69) is 39.4 Å². The van der Waals surface area contributed by atoms with Crippen LogP contribution >= 0.6 is 0 Å². The van der Waals surface area contributed by atoms with E-state index in [9.17, 15) is 0 Å². The number of hydrogen-bond acceptors (Lipinski definition) is 5. The van der Waals surface area contributed by atoms with Crippen LogP contribution in [0, 0.1) is 6.92 Å². The van der Waals surface area contributed by atoms with Gasteiger partial charge in [-0.05, 0) is 39.7 Å². The second-order valence-electron chi connectivity index (χ2n) is 6.09. The molecule has 1 N–H and O–H groups in total. The zero-order chi connectivity index (χ0) is 14.8. The lowest BCUT2D eigenvalue weighted by molar-refractivity contribution is 0.109. The fourth-order valence-corrected chi connectivity index (χ4v) is 3.32. The number of fused-ring (bicyclic) bond motifs is 1. The highest BCUT2D eigenvalue weighted by Crippen LogP contribution is 2.22. The molecule has 1 fully saturated rings. The number of hydrogen-bond donors (Lipinski definition) is 1. The Labute approximate surface area is 125 Å². The van der Waals surface area contributed by atoms with E-state index >= 15 is 0 Å². The van der Waals surface area contributed by atoms with Crippen LogP contribution < -0.4 is 5.32 Å². The second kappa shape index (κ2) is 5.97. The molecular formula is C15H24N6. The SMILES string of the molecule is Cc1cc(NCCN2[C@H](C)CCC[C@@H]2C)c2nncn2n1. The van der Waals surface area contributed by atoms with Gasteiger partial charge in [-0.3, -0.25) is 4.90 Å². The van der Waals surface area contributed by atoms with E-state index in [0.717, 1.165) is 30.1 Å². The molecule has 0 amide bonds. The molecule has 0 aromatic carbocycles. The van der Waals surface area contributed by atoms with Gasteiger partial charge >= 0.3 is 0 Å². The van der Waals surface area contributed by atoms with Crippen LogP contribution in [0.25, 0.3) is 5.65 Å². The van der Waals surface area contributed by atoms with Crippen molar-refractivity contribution in [1.29, 1.82) is 0 Å². The first-order valence-corrected chi connectivity index (χ1v) is 7.82. The Morgan fingerprint density at radius 1 is 1.29 bits per heavy atom. The van der Waals surface area contributed by atoms with Gasteiger partial charge in [-0.15, -0.1) is 10.2 Å². The maximum absolute atomic E-state index is 4.36. The number of piperidine rings is 1. The Bertz CT molecular complexity index is 597. The van der Waals surface area contributed by atoms with Crippen LogP contribution in [0.1, 0.15) is 38.8 Å². The number of anilines is 1. The van der Waals surface area contributed by atoms with Crippen molar-refractivity contribution in [3.8, 4) is 0 Å². The maximum Gasteiger partial charge on any atom is 0.200 e. The Morgan fingerprint density at radius 2 is 2.05 bits per heavy atom. The quantitative estimate of drug-likeness (QED) is 0.933. The molecule has 1 saturated heterocycles. The maximum atomic E-state index is 4.36. The zero-order valence-corrected chi connectivity index (χ0v) is 13.1. The van der Waals surface area contributed by atoms with E-state index in [0.29, 0.717) is 12.1 Å². The molecule has 2 atom stereocenters. The van der Waals surface area contributed by atoms with Gasteiger partial charge in [-0.25, -0.2) is 0 Å². The van der Waals surface area contributed by atoms with Crippen molar-refractivity contribution in [3.63, 3.8) is 0 Å². The van der Waals surface area contributed by atoms with Crippen LogP contribution in [0.3, 0.4) is 0 Å². The monoisotopic (exact) mass is 288 g/mol. The highest BCUT2D eigenvalue weighted by molar-refractivity contribution is 5.66. The van der Waals surface area contributed by atoms with Crippen molar-refractivity contribution in [3.05, 3.63) is 18.1 Å². The van der Waals surface area contributed by atoms with Gasteiger partial charge in [0.05, 0.1) is 11.4 Å². The third-order valence-electron chi connectivity index (χ3n) is 4.45. The smallest absolute Gasteiger partial charge is 0.200 e. The first-order chi connectivity index (χ1) is 10.1. The summed E-state index contributed by atoms with van der Waals surface area (Å²) in [4.78, 5) is 2.60. The van der Waals surface area contributed by atoms with E-state index < -0.39 is 0 Å². The molecule has 21 heavy (non-hydrogen) atoms. The number of aromatic nitrogens is 4. The van der Waals surface area contributed by atoms with Crippen LogP contribution in [-0.2, 0) is 0 Å². The van der Waals surface area contributed by atoms with Gasteiger partial charge in [-0.2, -0.15) is 9.61 Å². The van der Waals surface area contributed by atoms with Crippen molar-refractivity contribution in [2.24, 2.45) is 0 Å². The Kier molecular flexibility index (Phi) is 4.05. The molecule has 6 heteroatoms. The number of rotatable bonds is 4. The third-order valence-corrected chi connectivity index (χ3v) is 4.45. The molecule has 0 aliphatic carbocycles. The zero-order valence-electron chi connectivity index (χ0n) is 13.1. The predicted molar refractivity (Wildman–Crippen MR) is 83.5 cm³/mol. The van der Waals surface area contributed by atoms with Gasteiger partial charge < -0.3 is 5.32 Å². The van der Waals surface area contributed by atoms with E-state index in [1.165, 1.54) is 19.3 Å². The minimum Gasteiger partial charge on any atom is -0.381 e. The first kappa shape index (κ1) is 14.3. The Balaban J connectivity index is 1.65. The molecule has 114 valence electrons. The fourth-order valence-electron chi connectivity index (χ4n) is 3.32. The van der Waals surface area contributed by atoms with Gasteiger partial charge in [0.25, 0.3) is 0 Å². The summed E-state index contributed by atoms with van der Waals surface area (Å²) in [5.41, 5.74) is 2.77. The average Bonchev–Trinajstić information content (AvgIpc) is 2.90. The summed E-state index contributed by atoms with van der Waals surface area (Å²) in [6.45, 7) is 8.63. The van der Waals surface area contributed by atoms with Crippen molar-refractivity contribution in [2.75, 3.05) is 18.4 Å². The van der Waals surface area contributed by atoms with E-state index in [4.69, 9.17) is 0 Å². The summed E-state index contributed by atoms with van der Waals surface area (Å²) in [6, 6.07) is 3.40. The number of likely N-dealkylation sites (tertiary alicyclic amines) is 1. The Morgan fingerprint density at radius 3 is 2.81 bits per heavy atom. The van der Waals surface area contributed by atoms with Crippen molar-refractivity contribution in [1.82, 2.24) is 24.7 Å². The van der Waals surface area contributed by atoms with Crippen molar-refractivity contribution >= 4 is 11.3 Å². The van der Waals surface area contributed by atoms with Gasteiger partial charge in [0.15, 0.2) is 0 Å². The van der Waals surface area contributed by atoms with E-state index in [-0.39, 0.29) is 0 Å². The van der Waals surface area contributed by atoms with Gasteiger partial charge in [0.2, 0.25) is 5.65 Å². The normalized spacial score (nSPS) is 23.6. The van der Waals surface area contributed by atoms with Crippen LogP contribution in [0.2, 0.25) is 0 Å². The molecule has 0 bridgehead atoms. The first-order valence-electron chi connectivity index (χ1n) is 7.82. The van der Waals surface area contributed by atoms with E-state index in [1.807, 2.05) is 13.0 Å². The third kappa shape index (κ3) is 3.00. The largest absolute Gasteiger partial charge is 0.381 e. The molecule has 0 radical (unpaired) electrons. The average molecular weight is 288 g/mol. The van der Waals surface area contributed by atoms with Crippen molar-refractivity contribution < 1.29 is 0 Å². The summed E-state index contributed by atoms with van der Waals surface area (Å²) >= 11 is 0. The molecule has 3 heterocycles. The van der Waals surface area contributed by atoms with Crippen molar-refractivity contribution in [2.45, 2.75) is 52.1 Å². The summed E-state index contributed by atoms with van der Waals surface area (Å²) in [7, 11) is 0. The van der Waals surface area contributed by atoms with E-state index in [1.54, 1.807) is 10.8 Å². The predicted octanol–water partition coefficient (Wildman–Crippen LogP) is 2.11. The molecule has 0 spiro atoms. The van der Waals surface area contributed by atoms with Crippen LogP contribution in [0.5, 0.6) is 0 Å². The molecule has 3 rings (SSSR count). The minimum atomic E-state index is 0.683. The molecular weight excluding hydrogens is 264 g/mol. The van der Waals surface area contributed by atoms with Crippen LogP contribution in [-0.4, -0.2) is 49.9 Å². The number of aryl methyl sites for hydroxylation is 1. The van der Waals surface area contributed by atoms with Crippen LogP contribution in [0.15, 0.2) is 12.4 Å². The fraction of sp³-hybridized carbons (Fsp3) is 0.667. The molecule has 1 aliphatic heterocycles. The summed E-state index contributed by atoms with van der Waals surface area (Å²) in [5, 5.41) is 15.9. The summed E-state index contributed by atoms with van der Waals surface area (Å²) < 4.78 is 1.73. The minimum absolute atomic E-state index is 0.683. The lowest BCUT2D eigenvalue weighted by Crippen LogP contribution is -2.45. The molecule has 0 unspecified atom stereocenters. The molecule has 6 nitrogen and oxygen atoms in total. The highest BCUT2D eigenvalue weighted by Gasteiger charge is 2.23. The molecule has 0 saturated carbocycles. The topological polar surface area (TPSA) is 58.3 Å².